The molecule has 2 N–H and O–H groups in total. The van der Waals surface area contributed by atoms with E-state index in [1.54, 1.807) is 41.3 Å². The van der Waals surface area contributed by atoms with Crippen LogP contribution in [0.1, 0.15) is 39.1 Å². The second kappa shape index (κ2) is 12.6. The Hall–Kier alpha value is -5.53. The van der Waals surface area contributed by atoms with Gasteiger partial charge in [0.15, 0.2) is 0 Å². The summed E-state index contributed by atoms with van der Waals surface area (Å²) in [5.74, 6) is -1.23. The van der Waals surface area contributed by atoms with Crippen molar-refractivity contribution < 1.29 is 27.5 Å². The third-order valence-corrected chi connectivity index (χ3v) is 11.4. The van der Waals surface area contributed by atoms with E-state index in [9.17, 15) is 22.8 Å². The van der Waals surface area contributed by atoms with Crippen molar-refractivity contribution in [3.8, 4) is 21.1 Å². The zero-order chi connectivity index (χ0) is 35.6. The Kier molecular flexibility index (Phi) is 7.85. The number of pyridine rings is 1. The lowest BCUT2D eigenvalue weighted by molar-refractivity contribution is -0.000515. The molecule has 3 aliphatic heterocycles. The van der Waals surface area contributed by atoms with E-state index >= 15 is 0 Å². The number of amides is 2. The number of benzene rings is 3. The third kappa shape index (κ3) is 5.79. The first-order valence-electron chi connectivity index (χ1n) is 17.0. The average molecular weight is 721 g/mol. The van der Waals surface area contributed by atoms with Crippen molar-refractivity contribution in [3.05, 3.63) is 113 Å². The highest BCUT2D eigenvalue weighted by Gasteiger charge is 2.45. The Morgan fingerprint density at radius 2 is 1.67 bits per heavy atom. The minimum atomic E-state index is -0.609. The molecule has 9 nitrogen and oxygen atoms in total. The molecule has 2 fully saturated rings. The average Bonchev–Trinajstić information content (AvgIpc) is 3.72. The Balaban J connectivity index is 0.940. The van der Waals surface area contributed by atoms with Crippen LogP contribution in [0.15, 0.2) is 79.0 Å². The van der Waals surface area contributed by atoms with Crippen LogP contribution in [0.4, 0.5) is 30.4 Å². The molecule has 3 aromatic carbocycles. The molecule has 0 radical (unpaired) electrons. The zero-order valence-electron chi connectivity index (χ0n) is 27.7. The fraction of sp³-hybridized carbons (Fsp3) is 0.231. The molecule has 0 saturated carbocycles. The lowest BCUT2D eigenvalue weighted by Crippen LogP contribution is -2.59. The van der Waals surface area contributed by atoms with Gasteiger partial charge in [0.25, 0.3) is 11.8 Å². The monoisotopic (exact) mass is 720 g/mol. The normalized spacial score (nSPS) is 16.3. The summed E-state index contributed by atoms with van der Waals surface area (Å²) in [5, 5.41) is 2.83. The second-order valence-corrected chi connectivity index (χ2v) is 14.7. The number of hydrogen-bond donors (Lipinski definition) is 2. The van der Waals surface area contributed by atoms with Gasteiger partial charge in [-0.2, -0.15) is 0 Å². The van der Waals surface area contributed by atoms with E-state index in [0.29, 0.717) is 71.4 Å². The molecule has 0 unspecified atom stereocenters. The first-order chi connectivity index (χ1) is 25.2. The van der Waals surface area contributed by atoms with Crippen molar-refractivity contribution >= 4 is 51.4 Å². The number of ether oxygens (including phenoxy) is 1. The fourth-order valence-electron chi connectivity index (χ4n) is 7.48. The molecule has 2 amide bonds. The van der Waals surface area contributed by atoms with Gasteiger partial charge in [-0.3, -0.25) is 9.59 Å². The summed E-state index contributed by atoms with van der Waals surface area (Å²) in [6.07, 6.45) is 3.51. The van der Waals surface area contributed by atoms with Gasteiger partial charge >= 0.3 is 0 Å². The number of carbonyl (C=O) groups is 2. The van der Waals surface area contributed by atoms with Crippen LogP contribution in [-0.4, -0.2) is 59.6 Å². The third-order valence-electron chi connectivity index (χ3n) is 10.2. The topological polar surface area (TPSA) is 103 Å². The van der Waals surface area contributed by atoms with Gasteiger partial charge in [-0.15, -0.1) is 11.3 Å². The van der Waals surface area contributed by atoms with Crippen molar-refractivity contribution in [2.24, 2.45) is 5.41 Å². The number of nitrogens with zero attached hydrogens (tertiary/aromatic N) is 4. The van der Waals surface area contributed by atoms with Crippen LogP contribution in [0.2, 0.25) is 0 Å². The molecule has 262 valence electrons. The maximum Gasteiger partial charge on any atom is 0.259 e. The van der Waals surface area contributed by atoms with Gasteiger partial charge in [-0.05, 0) is 97.6 Å². The first-order valence-corrected chi connectivity index (χ1v) is 17.8. The number of fused-ring (bicyclic) bond motifs is 4. The van der Waals surface area contributed by atoms with Gasteiger partial charge in [0.1, 0.15) is 29.1 Å². The van der Waals surface area contributed by atoms with Gasteiger partial charge < -0.3 is 24.8 Å². The lowest BCUT2D eigenvalue weighted by atomic mass is 9.73. The Morgan fingerprint density at radius 1 is 0.904 bits per heavy atom. The van der Waals surface area contributed by atoms with E-state index in [0.717, 1.165) is 47.4 Å². The standard InChI is InChI=1S/C39H31F3N6O3S/c40-24-4-8-30-31(17-24)46-35(45-30)33-15-23-9-12-48(32-18-25(41)3-7-28(32)34(23)52-33)38(50)22-1-5-27(6-2-22)44-37(49)29-16-26(42)19-43-36(29)47-20-39(21-47)10-13-51-14-11-39/h1-8,15-19H,9-14,20-21H2,(H,44,49)(H,45,46). The summed E-state index contributed by atoms with van der Waals surface area (Å²) in [6.45, 7) is 3.18. The molecule has 3 aliphatic rings. The minimum Gasteiger partial charge on any atom is -0.381 e. The lowest BCUT2D eigenvalue weighted by Gasteiger charge is -2.53. The van der Waals surface area contributed by atoms with Gasteiger partial charge in [-0.1, -0.05) is 0 Å². The summed E-state index contributed by atoms with van der Waals surface area (Å²) >= 11 is 1.48. The molecule has 6 heterocycles. The van der Waals surface area contributed by atoms with Crippen LogP contribution in [-0.2, 0) is 11.2 Å². The Bertz CT molecular complexity index is 2380. The summed E-state index contributed by atoms with van der Waals surface area (Å²) in [7, 11) is 0. The number of aromatic nitrogens is 3. The Labute approximate surface area is 300 Å². The first kappa shape index (κ1) is 32.4. The van der Waals surface area contributed by atoms with Crippen LogP contribution >= 0.6 is 11.3 Å². The molecule has 13 heteroatoms. The Morgan fingerprint density at radius 3 is 2.48 bits per heavy atom. The van der Waals surface area contributed by atoms with Gasteiger partial charge in [-0.25, -0.2) is 23.1 Å². The van der Waals surface area contributed by atoms with Crippen molar-refractivity contribution in [1.82, 2.24) is 15.0 Å². The fourth-order valence-corrected chi connectivity index (χ4v) is 8.67. The van der Waals surface area contributed by atoms with Crippen molar-refractivity contribution in [3.63, 3.8) is 0 Å². The number of thiophene rings is 1. The van der Waals surface area contributed by atoms with E-state index in [2.05, 4.69) is 20.3 Å². The van der Waals surface area contributed by atoms with E-state index in [1.807, 2.05) is 11.0 Å². The quantitative estimate of drug-likeness (QED) is 0.188. The highest BCUT2D eigenvalue weighted by molar-refractivity contribution is 7.19. The molecular formula is C39H31F3N6O3S. The van der Waals surface area contributed by atoms with Crippen LogP contribution in [0.25, 0.3) is 32.2 Å². The number of H-pyrrole nitrogens is 1. The summed E-state index contributed by atoms with van der Waals surface area (Å²) < 4.78 is 48.4. The number of carbonyl (C=O) groups excluding carboxylic acids is 2. The summed E-state index contributed by atoms with van der Waals surface area (Å²) in [5.41, 5.74) is 4.43. The van der Waals surface area contributed by atoms with Crippen LogP contribution in [0.5, 0.6) is 0 Å². The molecular weight excluding hydrogens is 690 g/mol. The largest absolute Gasteiger partial charge is 0.381 e. The molecule has 1 spiro atoms. The van der Waals surface area contributed by atoms with E-state index in [1.165, 1.54) is 41.7 Å². The highest BCUT2D eigenvalue weighted by atomic mass is 32.1. The maximum absolute atomic E-state index is 14.7. The van der Waals surface area contributed by atoms with E-state index < -0.39 is 17.5 Å². The summed E-state index contributed by atoms with van der Waals surface area (Å²) in [4.78, 5) is 44.9. The van der Waals surface area contributed by atoms with E-state index in [-0.39, 0.29) is 22.7 Å². The SMILES string of the molecule is O=C(Nc1ccc(C(=O)N2CCc3cc(-c4nc5ccc(F)cc5[nH]4)sc3-c3ccc(F)cc32)cc1)c1cc(F)cnc1N1CC2(CCOCC2)C1. The molecule has 0 bridgehead atoms. The number of aromatic amines is 1. The predicted octanol–water partition coefficient (Wildman–Crippen LogP) is 7.84. The molecule has 3 aromatic heterocycles. The van der Waals surface area contributed by atoms with Gasteiger partial charge in [0, 0.05) is 60.0 Å². The molecule has 52 heavy (non-hydrogen) atoms. The number of halogens is 3. The number of imidazole rings is 1. The predicted molar refractivity (Wildman–Crippen MR) is 193 cm³/mol. The maximum atomic E-state index is 14.7. The highest BCUT2D eigenvalue weighted by Crippen LogP contribution is 2.45. The molecule has 0 atom stereocenters. The van der Waals surface area contributed by atoms with Crippen molar-refractivity contribution in [2.75, 3.05) is 48.0 Å². The number of anilines is 3. The zero-order valence-corrected chi connectivity index (χ0v) is 28.5. The number of rotatable bonds is 5. The van der Waals surface area contributed by atoms with Gasteiger partial charge in [0.05, 0.1) is 33.4 Å². The molecule has 9 rings (SSSR count). The molecule has 2 saturated heterocycles. The smallest absolute Gasteiger partial charge is 0.259 e. The second-order valence-electron chi connectivity index (χ2n) is 13.6. The molecule has 6 aromatic rings. The van der Waals surface area contributed by atoms with Gasteiger partial charge in [0.2, 0.25) is 0 Å². The number of hydrogen-bond acceptors (Lipinski definition) is 7. The van der Waals surface area contributed by atoms with Crippen molar-refractivity contribution in [2.45, 2.75) is 19.3 Å². The number of nitrogens with one attached hydrogen (secondary N) is 2. The molecule has 0 aliphatic carbocycles. The van der Waals surface area contributed by atoms with Crippen LogP contribution in [0, 0.1) is 22.9 Å². The minimum absolute atomic E-state index is 0.134. The van der Waals surface area contributed by atoms with Crippen LogP contribution < -0.4 is 15.1 Å². The summed E-state index contributed by atoms with van der Waals surface area (Å²) in [6, 6.07) is 18.5. The van der Waals surface area contributed by atoms with Crippen molar-refractivity contribution in [1.29, 1.82) is 0 Å². The van der Waals surface area contributed by atoms with Crippen LogP contribution in [0.3, 0.4) is 0 Å². The van der Waals surface area contributed by atoms with E-state index in [4.69, 9.17) is 4.74 Å².